The third kappa shape index (κ3) is 2.43. The van der Waals surface area contributed by atoms with Gasteiger partial charge in [-0.1, -0.05) is 0 Å². The van der Waals surface area contributed by atoms with E-state index in [1.807, 2.05) is 12.1 Å². The second-order valence-electron chi connectivity index (χ2n) is 3.87. The highest BCUT2D eigenvalue weighted by molar-refractivity contribution is 9.10. The van der Waals surface area contributed by atoms with E-state index in [1.165, 1.54) is 12.8 Å². The molecule has 0 amide bonds. The van der Waals surface area contributed by atoms with Crippen molar-refractivity contribution in [3.8, 4) is 17.2 Å². The molecule has 0 heterocycles. The van der Waals surface area contributed by atoms with E-state index >= 15 is 0 Å². The Kier molecular flexibility index (Phi) is 3.59. The van der Waals surface area contributed by atoms with Gasteiger partial charge in [-0.25, -0.2) is 0 Å². The van der Waals surface area contributed by atoms with Crippen LogP contribution in [0, 0.1) is 5.92 Å². The lowest BCUT2D eigenvalue weighted by Crippen LogP contribution is -2.03. The number of hydrogen-bond acceptors (Lipinski definition) is 3. The summed E-state index contributed by atoms with van der Waals surface area (Å²) in [6.07, 6.45) is 2.53. The van der Waals surface area contributed by atoms with Crippen LogP contribution in [0.3, 0.4) is 0 Å². The summed E-state index contributed by atoms with van der Waals surface area (Å²) in [5, 5.41) is 0. The third-order valence-corrected chi connectivity index (χ3v) is 3.24. The van der Waals surface area contributed by atoms with Crippen LogP contribution < -0.4 is 14.2 Å². The summed E-state index contributed by atoms with van der Waals surface area (Å²) >= 11 is 3.43. The van der Waals surface area contributed by atoms with Crippen LogP contribution in [0.5, 0.6) is 17.2 Å². The van der Waals surface area contributed by atoms with Crippen LogP contribution in [-0.4, -0.2) is 20.8 Å². The van der Waals surface area contributed by atoms with Gasteiger partial charge in [-0.05, 0) is 46.8 Å². The van der Waals surface area contributed by atoms with Crippen molar-refractivity contribution in [2.24, 2.45) is 5.92 Å². The Hall–Kier alpha value is -0.900. The largest absolute Gasteiger partial charge is 0.493 e. The molecule has 1 fully saturated rings. The van der Waals surface area contributed by atoms with Gasteiger partial charge in [0, 0.05) is 0 Å². The summed E-state index contributed by atoms with van der Waals surface area (Å²) in [6, 6.07) is 3.76. The molecule has 1 aromatic rings. The van der Waals surface area contributed by atoms with Gasteiger partial charge in [0.1, 0.15) is 0 Å². The summed E-state index contributed by atoms with van der Waals surface area (Å²) in [4.78, 5) is 0. The number of hydrogen-bond donors (Lipinski definition) is 0. The van der Waals surface area contributed by atoms with Crippen molar-refractivity contribution in [3.05, 3.63) is 16.6 Å². The monoisotopic (exact) mass is 286 g/mol. The minimum Gasteiger partial charge on any atom is -0.493 e. The normalized spacial score (nSPS) is 14.7. The highest BCUT2D eigenvalue weighted by Crippen LogP contribution is 2.43. The molecule has 1 aliphatic carbocycles. The molecule has 0 radical (unpaired) electrons. The maximum absolute atomic E-state index is 5.77. The van der Waals surface area contributed by atoms with Crippen molar-refractivity contribution in [3.63, 3.8) is 0 Å². The lowest BCUT2D eigenvalue weighted by atomic mass is 10.3. The number of methoxy groups -OCH3 is 2. The fraction of sp³-hybridized carbons (Fsp3) is 0.500. The highest BCUT2D eigenvalue weighted by Gasteiger charge is 2.24. The molecular formula is C12H15BrO3. The van der Waals surface area contributed by atoms with E-state index in [2.05, 4.69) is 15.9 Å². The highest BCUT2D eigenvalue weighted by atomic mass is 79.9. The lowest BCUT2D eigenvalue weighted by Gasteiger charge is -2.15. The van der Waals surface area contributed by atoms with Gasteiger partial charge in [-0.15, -0.1) is 0 Å². The van der Waals surface area contributed by atoms with E-state index in [-0.39, 0.29) is 0 Å². The summed E-state index contributed by atoms with van der Waals surface area (Å²) in [5.41, 5.74) is 0. The van der Waals surface area contributed by atoms with Gasteiger partial charge in [0.2, 0.25) is 5.75 Å². The quantitative estimate of drug-likeness (QED) is 0.832. The Morgan fingerprint density at radius 3 is 2.50 bits per heavy atom. The van der Waals surface area contributed by atoms with Gasteiger partial charge in [0.15, 0.2) is 11.5 Å². The second kappa shape index (κ2) is 4.95. The van der Waals surface area contributed by atoms with Crippen molar-refractivity contribution >= 4 is 15.9 Å². The van der Waals surface area contributed by atoms with Crippen molar-refractivity contribution in [2.45, 2.75) is 12.8 Å². The molecule has 0 saturated heterocycles. The SMILES string of the molecule is COc1ccc(Br)c(OC)c1OCC1CC1. The molecule has 4 heteroatoms. The zero-order valence-corrected chi connectivity index (χ0v) is 11.0. The van der Waals surface area contributed by atoms with Crippen LogP contribution in [0.15, 0.2) is 16.6 Å². The Bertz CT molecular complexity index is 375. The molecule has 2 rings (SSSR count). The van der Waals surface area contributed by atoms with E-state index in [4.69, 9.17) is 14.2 Å². The van der Waals surface area contributed by atoms with Gasteiger partial charge in [-0.2, -0.15) is 0 Å². The van der Waals surface area contributed by atoms with Gasteiger partial charge in [0.25, 0.3) is 0 Å². The van der Waals surface area contributed by atoms with E-state index in [1.54, 1.807) is 14.2 Å². The van der Waals surface area contributed by atoms with Crippen LogP contribution >= 0.6 is 15.9 Å². The Labute approximate surface area is 104 Å². The van der Waals surface area contributed by atoms with Crippen LogP contribution in [-0.2, 0) is 0 Å². The lowest BCUT2D eigenvalue weighted by molar-refractivity contribution is 0.262. The molecule has 16 heavy (non-hydrogen) atoms. The van der Waals surface area contributed by atoms with Gasteiger partial charge >= 0.3 is 0 Å². The summed E-state index contributed by atoms with van der Waals surface area (Å²) in [7, 11) is 3.26. The minimum atomic E-state index is 0.686. The number of ether oxygens (including phenoxy) is 3. The first kappa shape index (κ1) is 11.6. The number of halogens is 1. The van der Waals surface area contributed by atoms with E-state index in [0.717, 1.165) is 11.1 Å². The Morgan fingerprint density at radius 2 is 1.94 bits per heavy atom. The van der Waals surface area contributed by atoms with Gasteiger partial charge in [-0.3, -0.25) is 0 Å². The maximum Gasteiger partial charge on any atom is 0.204 e. The average molecular weight is 287 g/mol. The van der Waals surface area contributed by atoms with Crippen LogP contribution in [0.25, 0.3) is 0 Å². The second-order valence-corrected chi connectivity index (χ2v) is 4.72. The molecule has 0 aliphatic heterocycles. The molecule has 0 unspecified atom stereocenters. The Balaban J connectivity index is 2.24. The Morgan fingerprint density at radius 1 is 1.19 bits per heavy atom. The molecule has 0 N–H and O–H groups in total. The zero-order chi connectivity index (χ0) is 11.5. The molecule has 0 aromatic heterocycles. The van der Waals surface area contributed by atoms with Crippen molar-refractivity contribution in [1.82, 2.24) is 0 Å². The fourth-order valence-electron chi connectivity index (χ4n) is 1.49. The topological polar surface area (TPSA) is 27.7 Å². The predicted molar refractivity (Wildman–Crippen MR) is 65.5 cm³/mol. The van der Waals surface area contributed by atoms with Crippen LogP contribution in [0.1, 0.15) is 12.8 Å². The molecule has 1 aromatic carbocycles. The van der Waals surface area contributed by atoms with Crippen LogP contribution in [0.2, 0.25) is 0 Å². The average Bonchev–Trinajstić information content (AvgIpc) is 3.10. The molecule has 1 saturated carbocycles. The molecule has 88 valence electrons. The predicted octanol–water partition coefficient (Wildman–Crippen LogP) is 3.26. The van der Waals surface area contributed by atoms with Gasteiger partial charge in [0.05, 0.1) is 25.3 Å². The number of rotatable bonds is 5. The standard InChI is InChI=1S/C12H15BrO3/c1-14-10-6-5-9(13)11(15-2)12(10)16-7-8-3-4-8/h5-6,8H,3-4,7H2,1-2H3. The molecule has 0 spiro atoms. The van der Waals surface area contributed by atoms with Crippen molar-refractivity contribution < 1.29 is 14.2 Å². The smallest absolute Gasteiger partial charge is 0.204 e. The van der Waals surface area contributed by atoms with Crippen LogP contribution in [0.4, 0.5) is 0 Å². The molecule has 0 bridgehead atoms. The minimum absolute atomic E-state index is 0.686. The molecule has 0 atom stereocenters. The number of benzene rings is 1. The third-order valence-electron chi connectivity index (χ3n) is 2.61. The van der Waals surface area contributed by atoms with Crippen molar-refractivity contribution in [1.29, 1.82) is 0 Å². The van der Waals surface area contributed by atoms with Gasteiger partial charge < -0.3 is 14.2 Å². The summed E-state index contributed by atoms with van der Waals surface area (Å²) in [6.45, 7) is 0.739. The summed E-state index contributed by atoms with van der Waals surface area (Å²) in [5.74, 6) is 2.79. The van der Waals surface area contributed by atoms with E-state index in [9.17, 15) is 0 Å². The summed E-state index contributed by atoms with van der Waals surface area (Å²) < 4.78 is 17.2. The van der Waals surface area contributed by atoms with Crippen molar-refractivity contribution in [2.75, 3.05) is 20.8 Å². The first-order valence-electron chi connectivity index (χ1n) is 5.29. The molecule has 3 nitrogen and oxygen atoms in total. The van der Waals surface area contributed by atoms with E-state index in [0.29, 0.717) is 23.2 Å². The fourth-order valence-corrected chi connectivity index (χ4v) is 1.97. The maximum atomic E-state index is 5.77. The van der Waals surface area contributed by atoms with E-state index < -0.39 is 0 Å². The zero-order valence-electron chi connectivity index (χ0n) is 9.46. The molecular weight excluding hydrogens is 272 g/mol. The molecule has 1 aliphatic rings. The first-order chi connectivity index (χ1) is 7.76. The first-order valence-corrected chi connectivity index (χ1v) is 6.08.